The summed E-state index contributed by atoms with van der Waals surface area (Å²) in [6.45, 7) is 3.85. The number of fused-ring (bicyclic) bond motifs is 1. The van der Waals surface area contributed by atoms with Gasteiger partial charge in [0.25, 0.3) is 0 Å². The molecule has 1 aromatic rings. The van der Waals surface area contributed by atoms with Crippen molar-refractivity contribution in [3.63, 3.8) is 0 Å². The van der Waals surface area contributed by atoms with E-state index in [9.17, 15) is 5.11 Å². The maximum Gasteiger partial charge on any atom is 0.162 e. The topological polar surface area (TPSA) is 57.2 Å². The van der Waals surface area contributed by atoms with Gasteiger partial charge in [0.15, 0.2) is 11.5 Å². The van der Waals surface area contributed by atoms with Crippen molar-refractivity contribution in [2.75, 3.05) is 64.3 Å². The average Bonchev–Trinajstić information content (AvgIpc) is 2.57. The fourth-order valence-corrected chi connectivity index (χ4v) is 3.66. The fraction of sp³-hybridized carbons (Fsp3) is 0.647. The quantitative estimate of drug-likeness (QED) is 0.874. The van der Waals surface area contributed by atoms with Crippen LogP contribution in [0.2, 0.25) is 0 Å². The fourth-order valence-electron chi connectivity index (χ4n) is 3.66. The summed E-state index contributed by atoms with van der Waals surface area (Å²) < 4.78 is 10.9. The molecule has 1 fully saturated rings. The standard InChI is InChI=1S/C17H27N3O3/c1-19-6-4-17(5-7-19)12-20(8-9-21)14-11-16(23-3)15(22-2)10-13(14)18-17/h10-11,18,21H,4-9,12H2,1-3H3. The predicted octanol–water partition coefficient (Wildman–Crippen LogP) is 1.39. The van der Waals surface area contributed by atoms with Crippen LogP contribution in [0, 0.1) is 0 Å². The molecule has 0 aliphatic carbocycles. The highest BCUT2D eigenvalue weighted by atomic mass is 16.5. The van der Waals surface area contributed by atoms with Gasteiger partial charge in [-0.1, -0.05) is 0 Å². The van der Waals surface area contributed by atoms with E-state index < -0.39 is 0 Å². The smallest absolute Gasteiger partial charge is 0.162 e. The third kappa shape index (κ3) is 3.05. The number of nitrogens with one attached hydrogen (secondary N) is 1. The van der Waals surface area contributed by atoms with Crippen LogP contribution in [0.4, 0.5) is 11.4 Å². The lowest BCUT2D eigenvalue weighted by Crippen LogP contribution is -2.58. The molecule has 23 heavy (non-hydrogen) atoms. The zero-order valence-corrected chi connectivity index (χ0v) is 14.3. The molecule has 2 N–H and O–H groups in total. The van der Waals surface area contributed by atoms with Crippen LogP contribution in [0.1, 0.15) is 12.8 Å². The highest BCUT2D eigenvalue weighted by Crippen LogP contribution is 2.44. The zero-order valence-electron chi connectivity index (χ0n) is 14.3. The lowest BCUT2D eigenvalue weighted by Gasteiger charge is -2.49. The van der Waals surface area contributed by atoms with Crippen molar-refractivity contribution in [2.45, 2.75) is 18.4 Å². The molecule has 0 atom stereocenters. The Bertz CT molecular complexity index is 556. The first-order chi connectivity index (χ1) is 11.1. The number of β-amino-alcohol motifs (C(OH)–C–C–N with tert-alkyl or cyclic N) is 1. The van der Waals surface area contributed by atoms with E-state index in [-0.39, 0.29) is 12.1 Å². The molecule has 0 radical (unpaired) electrons. The molecule has 128 valence electrons. The number of methoxy groups -OCH3 is 2. The third-order valence-electron chi connectivity index (χ3n) is 5.05. The molecule has 1 saturated heterocycles. The number of benzene rings is 1. The molecule has 0 aromatic heterocycles. The van der Waals surface area contributed by atoms with E-state index in [0.717, 1.165) is 55.3 Å². The van der Waals surface area contributed by atoms with Gasteiger partial charge in [0.1, 0.15) is 0 Å². The van der Waals surface area contributed by atoms with E-state index in [4.69, 9.17) is 9.47 Å². The molecule has 2 aliphatic rings. The van der Waals surface area contributed by atoms with Crippen molar-refractivity contribution in [3.05, 3.63) is 12.1 Å². The molecule has 1 spiro atoms. The van der Waals surface area contributed by atoms with Crippen molar-refractivity contribution < 1.29 is 14.6 Å². The van der Waals surface area contributed by atoms with Crippen LogP contribution in [-0.4, -0.2) is 69.6 Å². The molecule has 1 aromatic carbocycles. The van der Waals surface area contributed by atoms with Crippen LogP contribution in [0.25, 0.3) is 0 Å². The second-order valence-corrected chi connectivity index (χ2v) is 6.58. The van der Waals surface area contributed by atoms with Crippen LogP contribution in [-0.2, 0) is 0 Å². The average molecular weight is 321 g/mol. The molecular weight excluding hydrogens is 294 g/mol. The van der Waals surface area contributed by atoms with Crippen molar-refractivity contribution in [1.29, 1.82) is 0 Å². The van der Waals surface area contributed by atoms with Gasteiger partial charge in [-0.3, -0.25) is 0 Å². The van der Waals surface area contributed by atoms with Gasteiger partial charge in [-0.25, -0.2) is 0 Å². The first-order valence-corrected chi connectivity index (χ1v) is 8.19. The van der Waals surface area contributed by atoms with Crippen LogP contribution >= 0.6 is 0 Å². The molecule has 6 heteroatoms. The summed E-state index contributed by atoms with van der Waals surface area (Å²) in [6, 6.07) is 4.01. The summed E-state index contributed by atoms with van der Waals surface area (Å²) in [5, 5.41) is 13.2. The highest BCUT2D eigenvalue weighted by Gasteiger charge is 2.39. The van der Waals surface area contributed by atoms with E-state index in [2.05, 4.69) is 22.2 Å². The molecule has 2 aliphatic heterocycles. The second-order valence-electron chi connectivity index (χ2n) is 6.58. The van der Waals surface area contributed by atoms with Crippen LogP contribution in [0.3, 0.4) is 0 Å². The molecule has 6 nitrogen and oxygen atoms in total. The summed E-state index contributed by atoms with van der Waals surface area (Å²) in [6.07, 6.45) is 2.19. The third-order valence-corrected chi connectivity index (χ3v) is 5.05. The maximum atomic E-state index is 9.47. The largest absolute Gasteiger partial charge is 0.493 e. The number of rotatable bonds is 4. The van der Waals surface area contributed by atoms with Crippen molar-refractivity contribution >= 4 is 11.4 Å². The van der Waals surface area contributed by atoms with E-state index >= 15 is 0 Å². The summed E-state index contributed by atoms with van der Waals surface area (Å²) in [5.74, 6) is 1.45. The Morgan fingerprint density at radius 3 is 2.43 bits per heavy atom. The van der Waals surface area contributed by atoms with Crippen LogP contribution < -0.4 is 19.7 Å². The van der Waals surface area contributed by atoms with Gasteiger partial charge in [-0.15, -0.1) is 0 Å². The summed E-state index contributed by atoms with van der Waals surface area (Å²) in [5.41, 5.74) is 2.20. The molecule has 2 heterocycles. The number of ether oxygens (including phenoxy) is 2. The highest BCUT2D eigenvalue weighted by molar-refractivity contribution is 5.78. The van der Waals surface area contributed by atoms with Crippen molar-refractivity contribution in [2.24, 2.45) is 0 Å². The van der Waals surface area contributed by atoms with E-state index in [0.29, 0.717) is 6.54 Å². The number of hydrogen-bond acceptors (Lipinski definition) is 6. The number of anilines is 2. The summed E-state index contributed by atoms with van der Waals surface area (Å²) in [7, 11) is 5.47. The Kier molecular flexibility index (Phi) is 4.55. The zero-order chi connectivity index (χ0) is 16.4. The van der Waals surface area contributed by atoms with Crippen LogP contribution in [0.5, 0.6) is 11.5 Å². The lowest BCUT2D eigenvalue weighted by molar-refractivity contribution is 0.202. The minimum Gasteiger partial charge on any atom is -0.493 e. The lowest BCUT2D eigenvalue weighted by atomic mass is 9.84. The normalized spacial score (nSPS) is 20.1. The van der Waals surface area contributed by atoms with Crippen molar-refractivity contribution in [3.8, 4) is 11.5 Å². The number of aliphatic hydroxyl groups is 1. The van der Waals surface area contributed by atoms with Gasteiger partial charge in [-0.2, -0.15) is 0 Å². The molecule has 0 bridgehead atoms. The predicted molar refractivity (Wildman–Crippen MR) is 91.9 cm³/mol. The van der Waals surface area contributed by atoms with Gasteiger partial charge in [0, 0.05) is 38.3 Å². The molecule has 0 saturated carbocycles. The molecular formula is C17H27N3O3. The molecule has 3 rings (SSSR count). The minimum atomic E-state index is 0.0638. The first-order valence-electron chi connectivity index (χ1n) is 8.19. The number of likely N-dealkylation sites (tertiary alicyclic amines) is 1. The summed E-state index contributed by atoms with van der Waals surface area (Å²) >= 11 is 0. The van der Waals surface area contributed by atoms with Gasteiger partial charge in [0.2, 0.25) is 0 Å². The Morgan fingerprint density at radius 1 is 1.17 bits per heavy atom. The number of aliphatic hydroxyl groups excluding tert-OH is 1. The summed E-state index contributed by atoms with van der Waals surface area (Å²) in [4.78, 5) is 4.63. The molecule has 0 unspecified atom stereocenters. The van der Waals surface area contributed by atoms with Crippen molar-refractivity contribution in [1.82, 2.24) is 4.90 Å². The van der Waals surface area contributed by atoms with Gasteiger partial charge in [-0.05, 0) is 19.9 Å². The van der Waals surface area contributed by atoms with E-state index in [1.165, 1.54) is 0 Å². The monoisotopic (exact) mass is 321 g/mol. The molecule has 0 amide bonds. The SMILES string of the molecule is COc1cc2c(cc1OC)N(CCO)CC1(CCN(C)CC1)N2. The number of hydrogen-bond donors (Lipinski definition) is 2. The first kappa shape index (κ1) is 16.2. The Hall–Kier alpha value is -1.66. The van der Waals surface area contributed by atoms with E-state index in [1.54, 1.807) is 14.2 Å². The van der Waals surface area contributed by atoms with Gasteiger partial charge >= 0.3 is 0 Å². The number of nitrogens with zero attached hydrogens (tertiary/aromatic N) is 2. The van der Waals surface area contributed by atoms with E-state index in [1.807, 2.05) is 12.1 Å². The Morgan fingerprint density at radius 2 is 1.83 bits per heavy atom. The Balaban J connectivity index is 1.97. The van der Waals surface area contributed by atoms with Gasteiger partial charge in [0.05, 0.1) is 37.7 Å². The van der Waals surface area contributed by atoms with Gasteiger partial charge < -0.3 is 29.7 Å². The maximum absolute atomic E-state index is 9.47. The second kappa shape index (κ2) is 6.45. The minimum absolute atomic E-state index is 0.0638. The Labute approximate surface area is 138 Å². The van der Waals surface area contributed by atoms with Crippen LogP contribution in [0.15, 0.2) is 12.1 Å². The number of piperidine rings is 1.